The summed E-state index contributed by atoms with van der Waals surface area (Å²) in [6.07, 6.45) is 7.35. The maximum absolute atomic E-state index is 15.0. The molecular formula is C42H56N4O7. The number of carbonyl (C=O) groups excluding carboxylic acids is 4. The standard InChI is InChI=1S/C42H56N4O7/c1-5-9-19-35(48)52-29-33(30-17-13-12-14-18-30)43-39(49)36-34-24-25-42(53-34)37(36)40(50)46(27-15-10-11-16-28-47)38(42)41(51)45(26-6-2)32-22-20-31(21-23-32)44(7-3)8-4/h5-6,12-14,17-18,20-23,33-34,36-38,47H,1-2,7-11,15-16,19,24-29H2,3-4H3,(H,43,49)/t33-,34+,36-,37-,38+,42-/m1/s1. The lowest BCUT2D eigenvalue weighted by Crippen LogP contribution is -2.56. The van der Waals surface area contributed by atoms with Crippen molar-refractivity contribution in [3.63, 3.8) is 0 Å². The van der Waals surface area contributed by atoms with Crippen LogP contribution in [0, 0.1) is 11.8 Å². The van der Waals surface area contributed by atoms with E-state index in [0.717, 1.165) is 37.2 Å². The van der Waals surface area contributed by atoms with E-state index in [4.69, 9.17) is 9.47 Å². The van der Waals surface area contributed by atoms with Crippen LogP contribution in [0.25, 0.3) is 0 Å². The van der Waals surface area contributed by atoms with Crippen LogP contribution in [-0.4, -0.2) is 90.8 Å². The van der Waals surface area contributed by atoms with E-state index >= 15 is 0 Å². The van der Waals surface area contributed by atoms with Crippen molar-refractivity contribution in [1.82, 2.24) is 10.2 Å². The van der Waals surface area contributed by atoms with Gasteiger partial charge in [0.25, 0.3) is 5.91 Å². The number of nitrogens with one attached hydrogen (secondary N) is 1. The number of rotatable bonds is 21. The summed E-state index contributed by atoms with van der Waals surface area (Å²) in [5.41, 5.74) is 1.33. The maximum atomic E-state index is 15.0. The molecule has 2 aromatic rings. The van der Waals surface area contributed by atoms with Crippen molar-refractivity contribution in [2.75, 3.05) is 49.2 Å². The Balaban J connectivity index is 1.44. The second-order valence-electron chi connectivity index (χ2n) is 14.1. The van der Waals surface area contributed by atoms with Gasteiger partial charge in [0.05, 0.1) is 24.0 Å². The highest BCUT2D eigenvalue weighted by atomic mass is 16.5. The SMILES string of the molecule is C=CCCC(=O)OC[C@@H](NC(=O)[C@@H]1[C@@H]2CC[C@]3(O2)[C@H](C(=O)N(CC=C)c2ccc(N(CC)CC)cc2)N(CCCCCCO)C(=O)[C@@H]13)c1ccccc1. The van der Waals surface area contributed by atoms with E-state index in [-0.39, 0.29) is 43.9 Å². The minimum atomic E-state index is -1.17. The Bertz CT molecular complexity index is 1580. The molecule has 3 saturated heterocycles. The Labute approximate surface area is 314 Å². The van der Waals surface area contributed by atoms with E-state index in [1.165, 1.54) is 0 Å². The van der Waals surface area contributed by atoms with Gasteiger partial charge in [-0.15, -0.1) is 13.2 Å². The van der Waals surface area contributed by atoms with Gasteiger partial charge in [-0.2, -0.15) is 0 Å². The van der Waals surface area contributed by atoms with Crippen LogP contribution in [0.3, 0.4) is 0 Å². The molecule has 0 radical (unpaired) electrons. The maximum Gasteiger partial charge on any atom is 0.306 e. The van der Waals surface area contributed by atoms with Crippen molar-refractivity contribution in [3.8, 4) is 0 Å². The Morgan fingerprint density at radius 3 is 2.38 bits per heavy atom. The van der Waals surface area contributed by atoms with Crippen LogP contribution in [0.1, 0.15) is 76.8 Å². The first kappa shape index (κ1) is 39.7. The van der Waals surface area contributed by atoms with Crippen LogP contribution in [0.4, 0.5) is 11.4 Å². The van der Waals surface area contributed by atoms with Gasteiger partial charge in [-0.25, -0.2) is 0 Å². The largest absolute Gasteiger partial charge is 0.463 e. The number of unbranched alkanes of at least 4 members (excludes halogenated alkanes) is 3. The highest BCUT2D eigenvalue weighted by Gasteiger charge is 2.74. The van der Waals surface area contributed by atoms with Gasteiger partial charge in [-0.1, -0.05) is 55.3 Å². The molecule has 6 atom stereocenters. The van der Waals surface area contributed by atoms with Crippen LogP contribution < -0.4 is 15.1 Å². The fraction of sp³-hybridized carbons (Fsp3) is 0.524. The smallest absolute Gasteiger partial charge is 0.306 e. The van der Waals surface area contributed by atoms with Crippen molar-refractivity contribution < 1.29 is 33.8 Å². The summed E-state index contributed by atoms with van der Waals surface area (Å²) in [7, 11) is 0. The fourth-order valence-corrected chi connectivity index (χ4v) is 8.40. The molecule has 0 aliphatic carbocycles. The zero-order valence-electron chi connectivity index (χ0n) is 31.3. The average molecular weight is 729 g/mol. The van der Waals surface area contributed by atoms with Gasteiger partial charge in [0, 0.05) is 50.6 Å². The Kier molecular flexibility index (Phi) is 13.9. The molecule has 2 N–H and O–H groups in total. The molecule has 3 heterocycles. The van der Waals surface area contributed by atoms with Gasteiger partial charge in [-0.05, 0) is 75.8 Å². The van der Waals surface area contributed by atoms with Gasteiger partial charge in [-0.3, -0.25) is 19.2 Å². The molecule has 0 saturated carbocycles. The molecule has 286 valence electrons. The number of hydrogen-bond acceptors (Lipinski definition) is 8. The molecule has 53 heavy (non-hydrogen) atoms. The van der Waals surface area contributed by atoms with Crippen molar-refractivity contribution in [1.29, 1.82) is 0 Å². The fourth-order valence-electron chi connectivity index (χ4n) is 8.40. The normalized spacial score (nSPS) is 23.3. The summed E-state index contributed by atoms with van der Waals surface area (Å²) in [6.45, 7) is 14.1. The number of carbonyl (C=O) groups is 4. The van der Waals surface area contributed by atoms with Crippen LogP contribution in [0.5, 0.6) is 0 Å². The van der Waals surface area contributed by atoms with Gasteiger partial charge in [0.2, 0.25) is 11.8 Å². The molecule has 3 aliphatic heterocycles. The van der Waals surface area contributed by atoms with Gasteiger partial charge < -0.3 is 34.6 Å². The number of aliphatic hydroxyl groups excluding tert-OH is 1. The monoisotopic (exact) mass is 728 g/mol. The van der Waals surface area contributed by atoms with E-state index in [0.29, 0.717) is 44.3 Å². The second kappa shape index (κ2) is 18.5. The third-order valence-electron chi connectivity index (χ3n) is 11.0. The predicted octanol–water partition coefficient (Wildman–Crippen LogP) is 5.35. The molecular weight excluding hydrogens is 672 g/mol. The Morgan fingerprint density at radius 1 is 1.02 bits per heavy atom. The number of allylic oxidation sites excluding steroid dienone is 1. The highest BCUT2D eigenvalue weighted by Crippen LogP contribution is 2.58. The summed E-state index contributed by atoms with van der Waals surface area (Å²) < 4.78 is 12.3. The summed E-state index contributed by atoms with van der Waals surface area (Å²) in [5, 5.41) is 12.4. The molecule has 5 rings (SSSR count). The summed E-state index contributed by atoms with van der Waals surface area (Å²) >= 11 is 0. The Morgan fingerprint density at radius 2 is 1.72 bits per heavy atom. The lowest BCUT2D eigenvalue weighted by atomic mass is 9.70. The van der Waals surface area contributed by atoms with E-state index in [9.17, 15) is 24.3 Å². The molecule has 3 aliphatic rings. The molecule has 0 aromatic heterocycles. The van der Waals surface area contributed by atoms with Crippen LogP contribution in [0.15, 0.2) is 79.9 Å². The number of aliphatic hydroxyl groups is 1. The van der Waals surface area contributed by atoms with Crippen LogP contribution >= 0.6 is 0 Å². The number of benzene rings is 2. The quantitative estimate of drug-likeness (QED) is 0.100. The van der Waals surface area contributed by atoms with E-state index in [1.54, 1.807) is 22.0 Å². The number of esters is 1. The number of amides is 3. The van der Waals surface area contributed by atoms with E-state index in [2.05, 4.69) is 37.2 Å². The zero-order valence-corrected chi connectivity index (χ0v) is 31.3. The third kappa shape index (κ3) is 8.52. The van der Waals surface area contributed by atoms with Crippen molar-refractivity contribution in [2.45, 2.75) is 89.0 Å². The van der Waals surface area contributed by atoms with Crippen LogP contribution in [0.2, 0.25) is 0 Å². The van der Waals surface area contributed by atoms with Crippen molar-refractivity contribution in [3.05, 3.63) is 85.5 Å². The van der Waals surface area contributed by atoms with Crippen LogP contribution in [-0.2, 0) is 28.7 Å². The van der Waals surface area contributed by atoms with Gasteiger partial charge in [0.15, 0.2) is 0 Å². The predicted molar refractivity (Wildman–Crippen MR) is 205 cm³/mol. The summed E-state index contributed by atoms with van der Waals surface area (Å²) in [4.78, 5) is 62.0. The molecule has 11 nitrogen and oxygen atoms in total. The molecule has 2 aromatic carbocycles. The van der Waals surface area contributed by atoms with Crippen molar-refractivity contribution in [2.24, 2.45) is 11.8 Å². The lowest BCUT2D eigenvalue weighted by Gasteiger charge is -2.37. The molecule has 3 amide bonds. The number of nitrogens with zero attached hydrogens (tertiary/aromatic N) is 3. The first-order valence-corrected chi connectivity index (χ1v) is 19.2. The molecule has 2 bridgehead atoms. The number of anilines is 2. The average Bonchev–Trinajstić information content (AvgIpc) is 3.82. The van der Waals surface area contributed by atoms with Crippen molar-refractivity contribution >= 4 is 35.1 Å². The molecule has 3 fully saturated rings. The van der Waals surface area contributed by atoms with E-state index in [1.807, 2.05) is 54.6 Å². The number of likely N-dealkylation sites (tertiary alicyclic amines) is 1. The minimum absolute atomic E-state index is 0.0711. The van der Waals surface area contributed by atoms with E-state index < -0.39 is 41.6 Å². The number of ether oxygens (including phenoxy) is 2. The zero-order chi connectivity index (χ0) is 38.0. The van der Waals surface area contributed by atoms with Gasteiger partial charge >= 0.3 is 5.97 Å². The Hall–Kier alpha value is -4.48. The highest BCUT2D eigenvalue weighted by molar-refractivity contribution is 6.05. The first-order chi connectivity index (χ1) is 25.7. The van der Waals surface area contributed by atoms with Gasteiger partial charge in [0.1, 0.15) is 18.2 Å². The third-order valence-corrected chi connectivity index (χ3v) is 11.0. The second-order valence-corrected chi connectivity index (χ2v) is 14.1. The lowest BCUT2D eigenvalue weighted by molar-refractivity contribution is -0.146. The minimum Gasteiger partial charge on any atom is -0.463 e. The summed E-state index contributed by atoms with van der Waals surface area (Å²) in [5.74, 6) is -2.95. The first-order valence-electron chi connectivity index (χ1n) is 19.2. The number of hydrogen-bond donors (Lipinski definition) is 2. The molecule has 11 heteroatoms. The molecule has 1 spiro atoms. The topological polar surface area (TPSA) is 129 Å². The number of fused-ring (bicyclic) bond motifs is 1. The molecule has 0 unspecified atom stereocenters. The summed E-state index contributed by atoms with van der Waals surface area (Å²) in [6, 6.07) is 15.6.